The van der Waals surface area contributed by atoms with Crippen LogP contribution in [0.2, 0.25) is 0 Å². The SMILES string of the molecule is CN(c1cc(Br)cc(C#N)c1)C1CCCNC1. The third-order valence-corrected chi connectivity index (χ3v) is 3.70. The Morgan fingerprint density at radius 2 is 2.29 bits per heavy atom. The van der Waals surface area contributed by atoms with Crippen LogP contribution in [0.25, 0.3) is 0 Å². The maximum absolute atomic E-state index is 8.98. The van der Waals surface area contributed by atoms with Crippen LogP contribution in [-0.4, -0.2) is 26.2 Å². The topological polar surface area (TPSA) is 39.1 Å². The molecule has 0 spiro atoms. The third kappa shape index (κ3) is 2.99. The highest BCUT2D eigenvalue weighted by Crippen LogP contribution is 2.24. The predicted molar refractivity (Wildman–Crippen MR) is 73.2 cm³/mol. The Labute approximate surface area is 111 Å². The maximum Gasteiger partial charge on any atom is 0.0992 e. The van der Waals surface area contributed by atoms with E-state index in [1.165, 1.54) is 12.8 Å². The van der Waals surface area contributed by atoms with E-state index in [1.807, 2.05) is 12.1 Å². The summed E-state index contributed by atoms with van der Waals surface area (Å²) in [5.41, 5.74) is 1.80. The number of anilines is 1. The van der Waals surface area contributed by atoms with Crippen LogP contribution in [0.15, 0.2) is 22.7 Å². The second-order valence-electron chi connectivity index (χ2n) is 4.42. The van der Waals surface area contributed by atoms with E-state index < -0.39 is 0 Å². The van der Waals surface area contributed by atoms with Crippen LogP contribution in [0.4, 0.5) is 5.69 Å². The van der Waals surface area contributed by atoms with Crippen molar-refractivity contribution in [2.24, 2.45) is 0 Å². The van der Waals surface area contributed by atoms with Gasteiger partial charge >= 0.3 is 0 Å². The number of nitrogens with one attached hydrogen (secondary N) is 1. The van der Waals surface area contributed by atoms with Crippen LogP contribution in [0.1, 0.15) is 18.4 Å². The number of hydrogen-bond donors (Lipinski definition) is 1. The lowest BCUT2D eigenvalue weighted by Gasteiger charge is -2.33. The van der Waals surface area contributed by atoms with Gasteiger partial charge in [-0.15, -0.1) is 0 Å². The van der Waals surface area contributed by atoms with Gasteiger partial charge in [-0.05, 0) is 37.6 Å². The fourth-order valence-corrected chi connectivity index (χ4v) is 2.70. The van der Waals surface area contributed by atoms with Gasteiger partial charge in [-0.25, -0.2) is 0 Å². The van der Waals surface area contributed by atoms with Gasteiger partial charge < -0.3 is 10.2 Å². The molecule has 0 bridgehead atoms. The van der Waals surface area contributed by atoms with Crippen LogP contribution >= 0.6 is 15.9 Å². The average molecular weight is 294 g/mol. The van der Waals surface area contributed by atoms with E-state index in [1.54, 1.807) is 0 Å². The minimum atomic E-state index is 0.518. The Balaban J connectivity index is 2.20. The van der Waals surface area contributed by atoms with E-state index in [0.717, 1.165) is 23.2 Å². The smallest absolute Gasteiger partial charge is 0.0992 e. The molecule has 1 unspecified atom stereocenters. The first-order valence-electron chi connectivity index (χ1n) is 5.85. The maximum atomic E-state index is 8.98. The number of likely N-dealkylation sites (N-methyl/N-ethyl adjacent to an activating group) is 1. The molecule has 2 rings (SSSR count). The highest BCUT2D eigenvalue weighted by Gasteiger charge is 2.18. The molecule has 1 aliphatic rings. The van der Waals surface area contributed by atoms with Gasteiger partial charge in [0, 0.05) is 29.8 Å². The average Bonchev–Trinajstić information content (AvgIpc) is 2.38. The van der Waals surface area contributed by atoms with Crippen molar-refractivity contribution < 1.29 is 0 Å². The molecule has 0 amide bonds. The van der Waals surface area contributed by atoms with Crippen LogP contribution in [0.5, 0.6) is 0 Å². The molecule has 1 aliphatic heterocycles. The zero-order valence-corrected chi connectivity index (χ0v) is 11.5. The Hall–Kier alpha value is -1.05. The minimum absolute atomic E-state index is 0.518. The molecule has 0 aromatic heterocycles. The number of halogens is 1. The second kappa shape index (κ2) is 5.52. The highest BCUT2D eigenvalue weighted by molar-refractivity contribution is 9.10. The molecular weight excluding hydrogens is 278 g/mol. The molecular formula is C13H16BrN3. The molecule has 1 heterocycles. The molecule has 17 heavy (non-hydrogen) atoms. The van der Waals surface area contributed by atoms with Gasteiger partial charge in [0.05, 0.1) is 11.6 Å². The summed E-state index contributed by atoms with van der Waals surface area (Å²) in [6, 6.07) is 8.56. The molecule has 1 aromatic carbocycles. The van der Waals surface area contributed by atoms with Crippen LogP contribution < -0.4 is 10.2 Å². The van der Waals surface area contributed by atoms with Gasteiger partial charge in [-0.3, -0.25) is 0 Å². The van der Waals surface area contributed by atoms with E-state index in [4.69, 9.17) is 5.26 Å². The largest absolute Gasteiger partial charge is 0.370 e. The van der Waals surface area contributed by atoms with Crippen molar-refractivity contribution in [3.05, 3.63) is 28.2 Å². The number of benzene rings is 1. The van der Waals surface area contributed by atoms with Gasteiger partial charge in [0.2, 0.25) is 0 Å². The fourth-order valence-electron chi connectivity index (χ4n) is 2.22. The Kier molecular flexibility index (Phi) is 4.03. The van der Waals surface area contributed by atoms with E-state index in [0.29, 0.717) is 11.6 Å². The third-order valence-electron chi connectivity index (χ3n) is 3.24. The summed E-state index contributed by atoms with van der Waals surface area (Å²) in [4.78, 5) is 2.26. The number of nitrogens with zero attached hydrogens (tertiary/aromatic N) is 2. The lowest BCUT2D eigenvalue weighted by atomic mass is 10.1. The highest BCUT2D eigenvalue weighted by atomic mass is 79.9. The normalized spacial score (nSPS) is 19.7. The van der Waals surface area contributed by atoms with Crippen molar-refractivity contribution in [2.45, 2.75) is 18.9 Å². The van der Waals surface area contributed by atoms with Crippen LogP contribution in [0, 0.1) is 11.3 Å². The van der Waals surface area contributed by atoms with E-state index in [-0.39, 0.29) is 0 Å². The molecule has 0 saturated carbocycles. The standard InChI is InChI=1S/C13H16BrN3/c1-17(12-3-2-4-16-9-12)13-6-10(8-15)5-11(14)7-13/h5-7,12,16H,2-4,9H2,1H3. The zero-order valence-electron chi connectivity index (χ0n) is 9.91. The lowest BCUT2D eigenvalue weighted by Crippen LogP contribution is -2.44. The van der Waals surface area contributed by atoms with Gasteiger partial charge in [0.1, 0.15) is 0 Å². The summed E-state index contributed by atoms with van der Waals surface area (Å²) in [5.74, 6) is 0. The summed E-state index contributed by atoms with van der Waals surface area (Å²) in [6.45, 7) is 2.14. The fraction of sp³-hybridized carbons (Fsp3) is 0.462. The van der Waals surface area contributed by atoms with Crippen molar-refractivity contribution >= 4 is 21.6 Å². The second-order valence-corrected chi connectivity index (χ2v) is 5.34. The molecule has 1 aromatic rings. The Morgan fingerprint density at radius 3 is 2.94 bits per heavy atom. The summed E-state index contributed by atoms with van der Waals surface area (Å²) in [7, 11) is 2.10. The van der Waals surface area contributed by atoms with Crippen molar-refractivity contribution in [1.82, 2.24) is 5.32 Å². The monoisotopic (exact) mass is 293 g/mol. The molecule has 4 heteroatoms. The first kappa shape index (κ1) is 12.4. The molecule has 90 valence electrons. The first-order chi connectivity index (χ1) is 8.20. The number of nitriles is 1. The first-order valence-corrected chi connectivity index (χ1v) is 6.64. The molecule has 0 radical (unpaired) electrons. The summed E-state index contributed by atoms with van der Waals surface area (Å²) in [6.07, 6.45) is 2.42. The van der Waals surface area contributed by atoms with Gasteiger partial charge in [0.15, 0.2) is 0 Å². The number of rotatable bonds is 2. The Bertz CT molecular complexity index is 433. The van der Waals surface area contributed by atoms with Crippen molar-refractivity contribution in [1.29, 1.82) is 5.26 Å². The molecule has 0 aliphatic carbocycles. The van der Waals surface area contributed by atoms with Gasteiger partial charge in [-0.1, -0.05) is 15.9 Å². The van der Waals surface area contributed by atoms with Crippen molar-refractivity contribution in [3.63, 3.8) is 0 Å². The molecule has 1 N–H and O–H groups in total. The van der Waals surface area contributed by atoms with Crippen molar-refractivity contribution in [2.75, 3.05) is 25.0 Å². The molecule has 1 fully saturated rings. The molecule has 3 nitrogen and oxygen atoms in total. The number of piperidine rings is 1. The van der Waals surface area contributed by atoms with Crippen LogP contribution in [-0.2, 0) is 0 Å². The molecule has 1 atom stereocenters. The van der Waals surface area contributed by atoms with Gasteiger partial charge in [0.25, 0.3) is 0 Å². The lowest BCUT2D eigenvalue weighted by molar-refractivity contribution is 0.445. The van der Waals surface area contributed by atoms with Gasteiger partial charge in [-0.2, -0.15) is 5.26 Å². The zero-order chi connectivity index (χ0) is 12.3. The molecule has 1 saturated heterocycles. The minimum Gasteiger partial charge on any atom is -0.370 e. The summed E-state index contributed by atoms with van der Waals surface area (Å²) >= 11 is 3.45. The quantitative estimate of drug-likeness (QED) is 0.911. The Morgan fingerprint density at radius 1 is 1.47 bits per heavy atom. The van der Waals surface area contributed by atoms with E-state index >= 15 is 0 Å². The van der Waals surface area contributed by atoms with Crippen LogP contribution in [0.3, 0.4) is 0 Å². The van der Waals surface area contributed by atoms with E-state index in [9.17, 15) is 0 Å². The summed E-state index contributed by atoms with van der Waals surface area (Å²) < 4.78 is 0.960. The predicted octanol–water partition coefficient (Wildman–Crippen LogP) is 2.51. The summed E-state index contributed by atoms with van der Waals surface area (Å²) in [5, 5.41) is 12.4. The number of hydrogen-bond acceptors (Lipinski definition) is 3. The van der Waals surface area contributed by atoms with E-state index in [2.05, 4.69) is 45.3 Å². The van der Waals surface area contributed by atoms with Crippen molar-refractivity contribution in [3.8, 4) is 6.07 Å².